The predicted octanol–water partition coefficient (Wildman–Crippen LogP) is 4.81. The predicted molar refractivity (Wildman–Crippen MR) is 197 cm³/mol. The number of hydrogen-bond acceptors (Lipinski definition) is 9. The van der Waals surface area contributed by atoms with E-state index in [9.17, 15) is 33.0 Å². The van der Waals surface area contributed by atoms with Crippen LogP contribution in [0.2, 0.25) is 0 Å². The highest BCUT2D eigenvalue weighted by molar-refractivity contribution is 5.98. The average Bonchev–Trinajstić information content (AvgIpc) is 3.91. The second-order valence-electron chi connectivity index (χ2n) is 13.7. The number of benzene rings is 3. The van der Waals surface area contributed by atoms with E-state index in [0.717, 1.165) is 16.0 Å². The zero-order valence-corrected chi connectivity index (χ0v) is 29.5. The molecule has 15 heteroatoms. The molecule has 4 N–H and O–H groups in total. The summed E-state index contributed by atoms with van der Waals surface area (Å²) in [6.45, 7) is 2.36. The van der Waals surface area contributed by atoms with Gasteiger partial charge in [0.2, 0.25) is 11.9 Å². The number of fused-ring (bicyclic) bond motifs is 1. The molecule has 1 aliphatic carbocycles. The van der Waals surface area contributed by atoms with Crippen LogP contribution in [0.25, 0.3) is 11.2 Å². The van der Waals surface area contributed by atoms with E-state index in [0.29, 0.717) is 23.5 Å². The van der Waals surface area contributed by atoms with Crippen molar-refractivity contribution in [2.24, 2.45) is 0 Å². The molecule has 2 amide bonds. The zero-order chi connectivity index (χ0) is 38.0. The number of aliphatic hydroxyl groups is 2. The number of hydrogen-bond donors (Lipinski definition) is 4. The lowest BCUT2D eigenvalue weighted by Crippen LogP contribution is -2.48. The number of amides is 2. The van der Waals surface area contributed by atoms with Crippen LogP contribution < -0.4 is 20.4 Å². The van der Waals surface area contributed by atoms with Gasteiger partial charge >= 0.3 is 12.1 Å². The highest BCUT2D eigenvalue weighted by Crippen LogP contribution is 2.36. The minimum absolute atomic E-state index is 0.0162. The maximum atomic E-state index is 13.9. The Kier molecular flexibility index (Phi) is 10.5. The van der Waals surface area contributed by atoms with E-state index in [1.165, 1.54) is 18.5 Å². The lowest BCUT2D eigenvalue weighted by atomic mass is 9.91. The van der Waals surface area contributed by atoms with Gasteiger partial charge in [0.1, 0.15) is 12.2 Å². The number of rotatable bonds is 11. The van der Waals surface area contributed by atoms with Crippen molar-refractivity contribution in [2.45, 2.75) is 68.6 Å². The summed E-state index contributed by atoms with van der Waals surface area (Å²) in [5, 5.41) is 28.4. The molecule has 0 spiro atoms. The Balaban J connectivity index is 1.26. The van der Waals surface area contributed by atoms with E-state index in [-0.39, 0.29) is 55.8 Å². The van der Waals surface area contributed by atoms with Gasteiger partial charge in [0.15, 0.2) is 17.0 Å². The van der Waals surface area contributed by atoms with E-state index < -0.39 is 42.4 Å². The smallest absolute Gasteiger partial charge is 0.388 e. The Morgan fingerprint density at radius 3 is 2.17 bits per heavy atom. The Morgan fingerprint density at radius 2 is 1.56 bits per heavy atom. The molecule has 1 aliphatic heterocycles. The van der Waals surface area contributed by atoms with Crippen molar-refractivity contribution in [3.05, 3.63) is 108 Å². The number of carbonyl (C=O) groups is 2. The number of nitrogens with one attached hydrogen (secondary N) is 2. The number of imidazole rings is 1. The Labute approximate surface area is 309 Å². The first-order valence-corrected chi connectivity index (χ1v) is 18.0. The summed E-state index contributed by atoms with van der Waals surface area (Å²) < 4.78 is 43.4. The Hall–Kier alpha value is -5.54. The number of alkyl halides is 3. The van der Waals surface area contributed by atoms with Crippen molar-refractivity contribution < 1.29 is 33.0 Å². The maximum absolute atomic E-state index is 13.9. The van der Waals surface area contributed by atoms with Crippen LogP contribution in [0.5, 0.6) is 0 Å². The summed E-state index contributed by atoms with van der Waals surface area (Å²) in [6, 6.07) is 25.5. The molecule has 0 bridgehead atoms. The van der Waals surface area contributed by atoms with Crippen molar-refractivity contribution in [3.63, 3.8) is 0 Å². The van der Waals surface area contributed by atoms with E-state index in [4.69, 9.17) is 9.97 Å². The molecule has 54 heavy (non-hydrogen) atoms. The molecule has 0 radical (unpaired) electrons. The third-order valence-corrected chi connectivity index (χ3v) is 10.3. The molecule has 12 nitrogen and oxygen atoms in total. The molecular formula is C39H41F3N8O4. The van der Waals surface area contributed by atoms with Gasteiger partial charge in [-0.2, -0.15) is 23.1 Å². The first-order chi connectivity index (χ1) is 26.0. The monoisotopic (exact) mass is 742 g/mol. The van der Waals surface area contributed by atoms with Gasteiger partial charge in [-0.3, -0.25) is 14.5 Å². The summed E-state index contributed by atoms with van der Waals surface area (Å²) >= 11 is 0. The fraction of sp³-hybridized carbons (Fsp3) is 0.359. The molecule has 0 unspecified atom stereocenters. The molecule has 282 valence electrons. The van der Waals surface area contributed by atoms with Crippen LogP contribution in [-0.4, -0.2) is 91.6 Å². The summed E-state index contributed by atoms with van der Waals surface area (Å²) in [6.07, 6.45) is -5.45. The van der Waals surface area contributed by atoms with E-state index in [1.54, 1.807) is 34.6 Å². The van der Waals surface area contributed by atoms with E-state index in [1.807, 2.05) is 60.7 Å². The molecule has 1 saturated carbocycles. The standard InChI is InChI=1S/C39H41F3N8O4/c1-2-31(51)45-29-20-30(34(53)33(29)52)49-23-44-32-35(43-21-28(24-12-6-3-7-13-24)25-14-8-4-9-15-25)46-38(47-36(32)49)48-19-18-27(22-48)50(37(54)39(40,41)42)26-16-10-5-11-17-26/h3-17,23,27-30,33-34,52-53H,2,18-22H2,1H3,(H,45,51)(H,43,46,47)/t27-,29+,30-,33-,34+/m1/s1. The van der Waals surface area contributed by atoms with Gasteiger partial charge in [-0.15, -0.1) is 0 Å². The molecule has 2 fully saturated rings. The number of aromatic nitrogens is 4. The van der Waals surface area contributed by atoms with E-state index in [2.05, 4.69) is 15.6 Å². The second-order valence-corrected chi connectivity index (χ2v) is 13.7. The van der Waals surface area contributed by atoms with E-state index >= 15 is 0 Å². The maximum Gasteiger partial charge on any atom is 0.471 e. The van der Waals surface area contributed by atoms with Crippen LogP contribution in [0, 0.1) is 0 Å². The van der Waals surface area contributed by atoms with Gasteiger partial charge in [0.05, 0.1) is 24.5 Å². The van der Waals surface area contributed by atoms with Crippen LogP contribution in [0.15, 0.2) is 97.3 Å². The summed E-state index contributed by atoms with van der Waals surface area (Å²) in [5.41, 5.74) is 2.97. The first-order valence-electron chi connectivity index (χ1n) is 18.0. The fourth-order valence-electron chi connectivity index (χ4n) is 7.50. The summed E-state index contributed by atoms with van der Waals surface area (Å²) in [5.74, 6) is -1.75. The van der Waals surface area contributed by atoms with Crippen molar-refractivity contribution in [1.29, 1.82) is 0 Å². The van der Waals surface area contributed by atoms with Gasteiger partial charge in [0, 0.05) is 37.7 Å². The van der Waals surface area contributed by atoms with Crippen LogP contribution in [0.3, 0.4) is 0 Å². The SMILES string of the molecule is CCC(=O)N[C@H]1C[C@@H](n2cnc3c(NCC(c4ccccc4)c4ccccc4)nc(N4CC[C@@H](N(C(=O)C(F)(F)F)c5ccccc5)C4)nc32)[C@H](O)[C@@H]1O. The number of carbonyl (C=O) groups excluding carboxylic acids is 2. The van der Waals surface area contributed by atoms with Crippen LogP contribution in [0.1, 0.15) is 49.3 Å². The third-order valence-electron chi connectivity index (χ3n) is 10.3. The fourth-order valence-corrected chi connectivity index (χ4v) is 7.50. The molecule has 3 aromatic carbocycles. The molecule has 5 aromatic rings. The Morgan fingerprint density at radius 1 is 0.926 bits per heavy atom. The molecule has 2 aromatic heterocycles. The van der Waals surface area contributed by atoms with Crippen LogP contribution in [0.4, 0.5) is 30.6 Å². The number of nitrogens with zero attached hydrogens (tertiary/aromatic N) is 6. The molecule has 2 aliphatic rings. The number of anilines is 3. The number of para-hydroxylation sites is 1. The summed E-state index contributed by atoms with van der Waals surface area (Å²) in [7, 11) is 0. The molecular weight excluding hydrogens is 701 g/mol. The van der Waals surface area contributed by atoms with Crippen molar-refractivity contribution >= 4 is 40.4 Å². The molecule has 3 heterocycles. The van der Waals surface area contributed by atoms with Gasteiger partial charge in [-0.1, -0.05) is 85.8 Å². The highest BCUT2D eigenvalue weighted by atomic mass is 19.4. The quantitative estimate of drug-likeness (QED) is 0.150. The largest absolute Gasteiger partial charge is 0.471 e. The van der Waals surface area contributed by atoms with Gasteiger partial charge in [0.25, 0.3) is 0 Å². The topological polar surface area (TPSA) is 149 Å². The average molecular weight is 743 g/mol. The lowest BCUT2D eigenvalue weighted by molar-refractivity contribution is -0.170. The molecule has 1 saturated heterocycles. The van der Waals surface area contributed by atoms with Gasteiger partial charge in [-0.05, 0) is 36.1 Å². The van der Waals surface area contributed by atoms with Crippen molar-refractivity contribution in [1.82, 2.24) is 24.8 Å². The Bertz CT molecular complexity index is 2030. The van der Waals surface area contributed by atoms with Crippen molar-refractivity contribution in [3.8, 4) is 0 Å². The molecule has 7 rings (SSSR count). The van der Waals surface area contributed by atoms with Crippen molar-refractivity contribution in [2.75, 3.05) is 34.8 Å². The van der Waals surface area contributed by atoms with Crippen LogP contribution in [-0.2, 0) is 9.59 Å². The van der Waals surface area contributed by atoms with Gasteiger partial charge in [-0.25, -0.2) is 4.98 Å². The number of halogens is 3. The zero-order valence-electron chi connectivity index (χ0n) is 29.5. The lowest BCUT2D eigenvalue weighted by Gasteiger charge is -2.30. The van der Waals surface area contributed by atoms with Crippen LogP contribution >= 0.6 is 0 Å². The second kappa shape index (κ2) is 15.4. The first kappa shape index (κ1) is 36.8. The number of aliphatic hydroxyl groups excluding tert-OH is 2. The minimum atomic E-state index is -5.09. The molecule has 5 atom stereocenters. The summed E-state index contributed by atoms with van der Waals surface area (Å²) in [4.78, 5) is 41.9. The highest BCUT2D eigenvalue weighted by Gasteiger charge is 2.47. The minimum Gasteiger partial charge on any atom is -0.388 e. The third kappa shape index (κ3) is 7.46. The normalized spacial score (nSPS) is 21.5. The van der Waals surface area contributed by atoms with Gasteiger partial charge < -0.3 is 30.3 Å².